The number of carbonyl (C=O) groups is 7. The van der Waals surface area contributed by atoms with Crippen molar-refractivity contribution in [2.75, 3.05) is 26.1 Å². The minimum atomic E-state index is -1.12. The van der Waals surface area contributed by atoms with E-state index < -0.39 is 59.5 Å². The average Bonchev–Trinajstić information content (AvgIpc) is 3.49. The summed E-state index contributed by atoms with van der Waals surface area (Å²) in [6, 6.07) is 4.71. The number of primary amides is 1. The standard InChI is InChI=1S/C34H46ClN5O8/c1-21(41)37-16-7-9-24(32(36)45)19-29(42)27(18-23-13-12-22-8-3-4-10-25(22)23)39-33(46)28-11-5-6-17-40(28)34(47)26(38-30(43)20-35)14-15-31(44)48-2/h3-4,8,10,13,24,26-28H,5-7,9,11-12,14-20H2,1-2H3,(H2,36,45)(H,37,41)(H,38,43)(H,39,46)/t24-,26+,27+,28+/m1/s1. The van der Waals surface area contributed by atoms with Crippen LogP contribution < -0.4 is 21.7 Å². The summed E-state index contributed by atoms with van der Waals surface area (Å²) < 4.78 is 4.69. The Bertz CT molecular complexity index is 1400. The van der Waals surface area contributed by atoms with E-state index in [9.17, 15) is 33.6 Å². The van der Waals surface area contributed by atoms with Gasteiger partial charge in [-0.3, -0.25) is 33.6 Å². The lowest BCUT2D eigenvalue weighted by Gasteiger charge is -2.37. The van der Waals surface area contributed by atoms with Gasteiger partial charge in [-0.15, -0.1) is 11.6 Å². The van der Waals surface area contributed by atoms with Crippen molar-refractivity contribution in [1.29, 1.82) is 0 Å². The van der Waals surface area contributed by atoms with Crippen LogP contribution in [0.2, 0.25) is 0 Å². The van der Waals surface area contributed by atoms with E-state index in [1.54, 1.807) is 0 Å². The zero-order valence-electron chi connectivity index (χ0n) is 27.6. The molecule has 1 aliphatic carbocycles. The van der Waals surface area contributed by atoms with Gasteiger partial charge in [0.25, 0.3) is 0 Å². The van der Waals surface area contributed by atoms with E-state index in [0.717, 1.165) is 16.7 Å². The van der Waals surface area contributed by atoms with Gasteiger partial charge in [-0.1, -0.05) is 30.3 Å². The third-order valence-corrected chi connectivity index (χ3v) is 8.96. The summed E-state index contributed by atoms with van der Waals surface area (Å²) in [6.45, 7) is 1.95. The van der Waals surface area contributed by atoms with Crippen molar-refractivity contribution < 1.29 is 38.3 Å². The number of hydrogen-bond acceptors (Lipinski definition) is 8. The number of fused-ring (bicyclic) bond motifs is 1. The van der Waals surface area contributed by atoms with E-state index >= 15 is 0 Å². The Kier molecular flexibility index (Phi) is 15.1. The van der Waals surface area contributed by atoms with Crippen LogP contribution in [0.25, 0.3) is 5.57 Å². The molecular formula is C34H46ClN5O8. The van der Waals surface area contributed by atoms with Crippen molar-refractivity contribution in [3.63, 3.8) is 0 Å². The molecule has 3 rings (SSSR count). The monoisotopic (exact) mass is 687 g/mol. The molecule has 13 nitrogen and oxygen atoms in total. The number of carbonyl (C=O) groups excluding carboxylic acids is 7. The summed E-state index contributed by atoms with van der Waals surface area (Å²) in [7, 11) is 1.22. The number of rotatable bonds is 18. The fourth-order valence-electron chi connectivity index (χ4n) is 6.15. The Morgan fingerprint density at radius 1 is 1.04 bits per heavy atom. The number of Topliss-reactive ketones (excluding diaryl/α,β-unsaturated/α-hetero) is 1. The van der Waals surface area contributed by atoms with Gasteiger partial charge >= 0.3 is 5.97 Å². The number of ketones is 1. The predicted octanol–water partition coefficient (Wildman–Crippen LogP) is 1.54. The highest BCUT2D eigenvalue weighted by Crippen LogP contribution is 2.31. The second kappa shape index (κ2) is 18.9. The number of allylic oxidation sites excluding steroid dienone is 1. The molecule has 1 aromatic carbocycles. The third-order valence-electron chi connectivity index (χ3n) is 8.72. The van der Waals surface area contributed by atoms with Gasteiger partial charge in [-0.05, 0) is 61.6 Å². The number of ether oxygens (including phenoxy) is 1. The molecule has 2 aliphatic rings. The summed E-state index contributed by atoms with van der Waals surface area (Å²) in [6.07, 6.45) is 4.78. The molecule has 14 heteroatoms. The number of halogens is 1. The van der Waals surface area contributed by atoms with Crippen molar-refractivity contribution in [3.05, 3.63) is 41.5 Å². The number of amides is 5. The molecule has 0 spiro atoms. The van der Waals surface area contributed by atoms with Crippen molar-refractivity contribution in [1.82, 2.24) is 20.9 Å². The SMILES string of the molecule is COC(=O)CC[C@H](NC(=O)CCl)C(=O)N1CCCC[C@H]1C(=O)N[C@@H](CC1=CCc2ccccc21)C(=O)C[C@@H](CCCNC(C)=O)C(N)=O. The molecule has 1 aliphatic heterocycles. The molecule has 0 bridgehead atoms. The van der Waals surface area contributed by atoms with Gasteiger partial charge in [0.2, 0.25) is 29.5 Å². The lowest BCUT2D eigenvalue weighted by molar-refractivity contribution is -0.146. The van der Waals surface area contributed by atoms with Crippen LogP contribution in [0.3, 0.4) is 0 Å². The summed E-state index contributed by atoms with van der Waals surface area (Å²) >= 11 is 5.67. The van der Waals surface area contributed by atoms with Gasteiger partial charge in [0, 0.05) is 45.2 Å². The first-order valence-electron chi connectivity index (χ1n) is 16.3. The third kappa shape index (κ3) is 11.2. The Morgan fingerprint density at radius 3 is 2.48 bits per heavy atom. The number of nitrogens with one attached hydrogen (secondary N) is 3. The maximum absolute atomic E-state index is 14.0. The summed E-state index contributed by atoms with van der Waals surface area (Å²) in [4.78, 5) is 90.6. The average molecular weight is 688 g/mol. The van der Waals surface area contributed by atoms with Gasteiger partial charge in [-0.2, -0.15) is 0 Å². The highest BCUT2D eigenvalue weighted by Gasteiger charge is 2.38. The van der Waals surface area contributed by atoms with Crippen LogP contribution in [0.15, 0.2) is 30.3 Å². The molecule has 0 radical (unpaired) electrons. The summed E-state index contributed by atoms with van der Waals surface area (Å²) in [5, 5.41) is 8.10. The Morgan fingerprint density at radius 2 is 1.79 bits per heavy atom. The molecule has 5 N–H and O–H groups in total. The quantitative estimate of drug-likeness (QED) is 0.101. The van der Waals surface area contributed by atoms with Crippen LogP contribution in [-0.4, -0.2) is 90.4 Å². The van der Waals surface area contributed by atoms with Crippen molar-refractivity contribution in [3.8, 4) is 0 Å². The van der Waals surface area contributed by atoms with E-state index in [2.05, 4.69) is 20.7 Å². The molecule has 5 amide bonds. The topological polar surface area (TPSA) is 194 Å². The Hall–Kier alpha value is -4.26. The largest absolute Gasteiger partial charge is 0.469 e. The molecule has 0 saturated carbocycles. The van der Waals surface area contributed by atoms with Crippen molar-refractivity contribution >= 4 is 58.5 Å². The van der Waals surface area contributed by atoms with Crippen LogP contribution in [0.1, 0.15) is 75.8 Å². The van der Waals surface area contributed by atoms with E-state index in [1.165, 1.54) is 18.9 Å². The maximum Gasteiger partial charge on any atom is 0.305 e. The van der Waals surface area contributed by atoms with Crippen LogP contribution in [0.5, 0.6) is 0 Å². The Balaban J connectivity index is 1.83. The number of esters is 1. The molecule has 262 valence electrons. The highest BCUT2D eigenvalue weighted by atomic mass is 35.5. The number of alkyl halides is 1. The predicted molar refractivity (Wildman–Crippen MR) is 178 cm³/mol. The van der Waals surface area contributed by atoms with Crippen molar-refractivity contribution in [2.24, 2.45) is 11.7 Å². The number of benzene rings is 1. The molecule has 1 fully saturated rings. The molecular weight excluding hydrogens is 642 g/mol. The first kappa shape index (κ1) is 38.2. The highest BCUT2D eigenvalue weighted by molar-refractivity contribution is 6.27. The number of likely N-dealkylation sites (tertiary alicyclic amines) is 1. The zero-order valence-corrected chi connectivity index (χ0v) is 28.3. The zero-order chi connectivity index (χ0) is 35.2. The second-order valence-electron chi connectivity index (χ2n) is 12.2. The summed E-state index contributed by atoms with van der Waals surface area (Å²) in [5.74, 6) is -4.67. The lowest BCUT2D eigenvalue weighted by atomic mass is 9.89. The summed E-state index contributed by atoms with van der Waals surface area (Å²) in [5.41, 5.74) is 8.62. The fourth-order valence-corrected chi connectivity index (χ4v) is 6.22. The lowest BCUT2D eigenvalue weighted by Crippen LogP contribution is -2.59. The van der Waals surface area contributed by atoms with E-state index in [-0.39, 0.29) is 50.3 Å². The molecule has 48 heavy (non-hydrogen) atoms. The first-order chi connectivity index (χ1) is 22.9. The smallest absolute Gasteiger partial charge is 0.305 e. The van der Waals surface area contributed by atoms with E-state index in [1.807, 2.05) is 30.3 Å². The fraction of sp³-hybridized carbons (Fsp3) is 0.559. The van der Waals surface area contributed by atoms with Gasteiger partial charge in [0.1, 0.15) is 18.0 Å². The van der Waals surface area contributed by atoms with Crippen LogP contribution in [-0.2, 0) is 44.7 Å². The van der Waals surface area contributed by atoms with Gasteiger partial charge < -0.3 is 31.3 Å². The molecule has 1 heterocycles. The molecule has 4 atom stereocenters. The molecule has 1 saturated heterocycles. The second-order valence-corrected chi connectivity index (χ2v) is 12.4. The molecule has 0 unspecified atom stereocenters. The van der Waals surface area contributed by atoms with E-state index in [4.69, 9.17) is 17.3 Å². The molecule has 1 aromatic rings. The maximum atomic E-state index is 14.0. The van der Waals surface area contributed by atoms with Crippen LogP contribution in [0.4, 0.5) is 0 Å². The number of nitrogens with two attached hydrogens (primary N) is 1. The van der Waals surface area contributed by atoms with Crippen molar-refractivity contribution in [2.45, 2.75) is 89.3 Å². The number of hydrogen-bond donors (Lipinski definition) is 4. The van der Waals surface area contributed by atoms with Gasteiger partial charge in [0.15, 0.2) is 5.78 Å². The number of methoxy groups -OCH3 is 1. The van der Waals surface area contributed by atoms with Gasteiger partial charge in [0.05, 0.1) is 13.2 Å². The Labute approximate surface area is 285 Å². The number of piperidine rings is 1. The normalized spacial score (nSPS) is 17.2. The minimum absolute atomic E-state index is 0.0515. The van der Waals surface area contributed by atoms with Crippen LogP contribution >= 0.6 is 11.6 Å². The van der Waals surface area contributed by atoms with Gasteiger partial charge in [-0.25, -0.2) is 0 Å². The van der Waals surface area contributed by atoms with E-state index in [0.29, 0.717) is 38.6 Å². The molecule has 0 aromatic heterocycles. The first-order valence-corrected chi connectivity index (χ1v) is 16.8. The van der Waals surface area contributed by atoms with Crippen LogP contribution in [0, 0.1) is 5.92 Å². The number of nitrogens with zero attached hydrogens (tertiary/aromatic N) is 1. The minimum Gasteiger partial charge on any atom is -0.469 e.